The molecule has 0 saturated carbocycles. The number of fused-ring (bicyclic) bond motifs is 6. The lowest BCUT2D eigenvalue weighted by molar-refractivity contribution is 1.28. The van der Waals surface area contributed by atoms with Gasteiger partial charge in [-0.05, 0) is 97.0 Å². The van der Waals surface area contributed by atoms with Crippen LogP contribution in [0, 0.1) is 0 Å². The summed E-state index contributed by atoms with van der Waals surface area (Å²) in [6, 6.07) is 38.9. The summed E-state index contributed by atoms with van der Waals surface area (Å²) < 4.78 is 0. The molecule has 0 heterocycles. The van der Waals surface area contributed by atoms with Gasteiger partial charge < -0.3 is 4.90 Å². The fraction of sp³-hybridized carbons (Fsp3) is 0. The average molecular weight is 646 g/mol. The summed E-state index contributed by atoms with van der Waals surface area (Å²) in [4.78, 5) is 2.19. The fourth-order valence-electron chi connectivity index (χ4n) is 7.39. The van der Waals surface area contributed by atoms with Crippen LogP contribution in [0.3, 0.4) is 0 Å². The SMILES string of the molecule is [B]c1c(-c2ccc(N(c3ccccc3)c3ccc(-c4ccccc4)cc3)cc2)cc2c(c1[B])c1c([B])c([B])c([B])c([B])c1c1c([B])c([B])c([B])c([B])c21. The van der Waals surface area contributed by atoms with Gasteiger partial charge >= 0.3 is 0 Å². The topological polar surface area (TPSA) is 3.24 Å². The molecule has 0 amide bonds. The molecule has 8 aromatic rings. The van der Waals surface area contributed by atoms with Gasteiger partial charge in [-0.3, -0.25) is 0 Å². The second-order valence-corrected chi connectivity index (χ2v) is 13.1. The van der Waals surface area contributed by atoms with Gasteiger partial charge in [0.05, 0.1) is 0 Å². The molecule has 53 heavy (non-hydrogen) atoms. The Bertz CT molecular complexity index is 2710. The van der Waals surface area contributed by atoms with Crippen molar-refractivity contribution in [3.63, 3.8) is 0 Å². The largest absolute Gasteiger partial charge is 0.311 e. The van der Waals surface area contributed by atoms with Crippen molar-refractivity contribution >= 4 is 182 Å². The van der Waals surface area contributed by atoms with Crippen LogP contribution >= 0.6 is 0 Å². The van der Waals surface area contributed by atoms with Crippen molar-refractivity contribution in [1.82, 2.24) is 0 Å². The number of anilines is 3. The normalized spacial score (nSPS) is 11.4. The van der Waals surface area contributed by atoms with Crippen LogP contribution in [0.5, 0.6) is 0 Å². The molecule has 0 spiro atoms. The third-order valence-corrected chi connectivity index (χ3v) is 10.2. The molecule has 11 heteroatoms. The zero-order chi connectivity index (χ0) is 37.3. The van der Waals surface area contributed by atoms with E-state index in [0.29, 0.717) is 43.3 Å². The van der Waals surface area contributed by atoms with E-state index in [-0.39, 0.29) is 49.2 Å². The Labute approximate surface area is 323 Å². The predicted octanol–water partition coefficient (Wildman–Crippen LogP) is -0.112. The standard InChI is InChI=1S/C42H19B10N/c43-33-26(19-27-28(34(33)44)30-32(38(48)42(52)41(51)36(30)46)31-29(27)35(45)39(49)40(50)37(31)47)22-13-17-25(18-14-22)53(23-9-5-2-6-10-23)24-15-11-21(12-16-24)20-7-3-1-4-8-20/h1-19H. The number of rotatable bonds is 5. The van der Waals surface area contributed by atoms with Crippen LogP contribution in [0.15, 0.2) is 115 Å². The van der Waals surface area contributed by atoms with Gasteiger partial charge in [0.1, 0.15) is 78.5 Å². The first-order valence-electron chi connectivity index (χ1n) is 16.8. The van der Waals surface area contributed by atoms with Crippen LogP contribution in [0.4, 0.5) is 17.1 Å². The van der Waals surface area contributed by atoms with Crippen LogP contribution in [-0.4, -0.2) is 78.5 Å². The van der Waals surface area contributed by atoms with E-state index in [4.69, 9.17) is 78.5 Å². The summed E-state index contributed by atoms with van der Waals surface area (Å²) in [6.45, 7) is 0. The number of para-hydroxylation sites is 1. The second-order valence-electron chi connectivity index (χ2n) is 13.1. The molecule has 0 unspecified atom stereocenters. The van der Waals surface area contributed by atoms with Crippen LogP contribution in [-0.2, 0) is 0 Å². The number of hydrogen-bond acceptors (Lipinski definition) is 1. The Morgan fingerprint density at radius 3 is 1.09 bits per heavy atom. The maximum Gasteiger partial charge on any atom is 0.113 e. The highest BCUT2D eigenvalue weighted by molar-refractivity contribution is 6.74. The minimum Gasteiger partial charge on any atom is -0.311 e. The minimum atomic E-state index is 0.101. The molecule has 0 aliphatic rings. The predicted molar refractivity (Wildman–Crippen MR) is 238 cm³/mol. The van der Waals surface area contributed by atoms with Gasteiger partial charge in [0, 0.05) is 17.1 Å². The van der Waals surface area contributed by atoms with Crippen molar-refractivity contribution in [3.05, 3.63) is 115 Å². The van der Waals surface area contributed by atoms with Crippen LogP contribution in [0.2, 0.25) is 0 Å². The molecule has 8 rings (SSSR count). The average Bonchev–Trinajstić information content (AvgIpc) is 3.19. The molecule has 0 aromatic heterocycles. The molecule has 0 aliphatic heterocycles. The van der Waals surface area contributed by atoms with Crippen molar-refractivity contribution in [2.45, 2.75) is 0 Å². The van der Waals surface area contributed by atoms with E-state index >= 15 is 0 Å². The van der Waals surface area contributed by atoms with E-state index in [1.165, 1.54) is 0 Å². The minimum absolute atomic E-state index is 0.101. The van der Waals surface area contributed by atoms with Crippen molar-refractivity contribution in [2.24, 2.45) is 0 Å². The highest BCUT2D eigenvalue weighted by Gasteiger charge is 2.22. The van der Waals surface area contributed by atoms with Gasteiger partial charge in [0.15, 0.2) is 0 Å². The van der Waals surface area contributed by atoms with E-state index < -0.39 is 0 Å². The summed E-state index contributed by atoms with van der Waals surface area (Å²) in [5.41, 5.74) is 8.42. The van der Waals surface area contributed by atoms with Gasteiger partial charge in [0.25, 0.3) is 0 Å². The highest BCUT2D eigenvalue weighted by Crippen LogP contribution is 2.37. The van der Waals surface area contributed by atoms with E-state index in [2.05, 4.69) is 53.4 Å². The first-order chi connectivity index (χ1) is 25.5. The van der Waals surface area contributed by atoms with Crippen molar-refractivity contribution in [2.75, 3.05) is 4.90 Å². The van der Waals surface area contributed by atoms with Crippen molar-refractivity contribution in [1.29, 1.82) is 0 Å². The second kappa shape index (κ2) is 13.4. The molecule has 0 saturated heterocycles. The molecule has 0 atom stereocenters. The molecule has 0 bridgehead atoms. The highest BCUT2D eigenvalue weighted by atomic mass is 15.1. The Hall–Kier alpha value is -5.01. The lowest BCUT2D eigenvalue weighted by atomic mass is 9.59. The quantitative estimate of drug-likeness (QED) is 0.187. The molecule has 8 aromatic carbocycles. The molecular weight excluding hydrogens is 627 g/mol. The molecule has 0 fully saturated rings. The van der Waals surface area contributed by atoms with E-state index in [1.807, 2.05) is 66.7 Å². The lowest BCUT2D eigenvalue weighted by Gasteiger charge is -2.27. The number of nitrogens with zero attached hydrogens (tertiary/aromatic N) is 1. The third kappa shape index (κ3) is 5.54. The molecule has 0 N–H and O–H groups in total. The van der Waals surface area contributed by atoms with Crippen LogP contribution in [0.1, 0.15) is 0 Å². The molecular formula is C42H19B10N. The number of hydrogen-bond donors (Lipinski definition) is 0. The maximum atomic E-state index is 6.93. The van der Waals surface area contributed by atoms with Gasteiger partial charge in [-0.25, -0.2) is 0 Å². The summed E-state index contributed by atoms with van der Waals surface area (Å²) >= 11 is 0. The zero-order valence-electron chi connectivity index (χ0n) is 28.7. The van der Waals surface area contributed by atoms with Crippen LogP contribution < -0.4 is 59.5 Å². The lowest BCUT2D eigenvalue weighted by Crippen LogP contribution is -2.50. The number of benzene rings is 8. The van der Waals surface area contributed by atoms with Gasteiger partial charge in [0.2, 0.25) is 0 Å². The molecule has 20 radical (unpaired) electrons. The smallest absolute Gasteiger partial charge is 0.113 e. The fourth-order valence-corrected chi connectivity index (χ4v) is 7.39. The van der Waals surface area contributed by atoms with E-state index in [0.717, 1.165) is 33.8 Å². The van der Waals surface area contributed by atoms with Gasteiger partial charge in [-0.1, -0.05) is 106 Å². The molecule has 0 aliphatic carbocycles. The summed E-state index contributed by atoms with van der Waals surface area (Å²) in [6.07, 6.45) is 0. The van der Waals surface area contributed by atoms with Gasteiger partial charge in [-0.2, -0.15) is 0 Å². The summed E-state index contributed by atoms with van der Waals surface area (Å²) in [5, 5.41) is 2.86. The Morgan fingerprint density at radius 2 is 0.623 bits per heavy atom. The Morgan fingerprint density at radius 1 is 0.283 bits per heavy atom. The third-order valence-electron chi connectivity index (χ3n) is 10.2. The summed E-state index contributed by atoms with van der Waals surface area (Å²) in [7, 11) is 65.9. The molecule has 222 valence electrons. The van der Waals surface area contributed by atoms with Crippen molar-refractivity contribution < 1.29 is 0 Å². The first kappa shape index (κ1) is 35.0. The Balaban J connectivity index is 1.34. The van der Waals surface area contributed by atoms with Crippen molar-refractivity contribution in [3.8, 4) is 22.3 Å². The van der Waals surface area contributed by atoms with Crippen LogP contribution in [0.25, 0.3) is 54.6 Å². The monoisotopic (exact) mass is 647 g/mol. The first-order valence-corrected chi connectivity index (χ1v) is 16.8. The zero-order valence-corrected chi connectivity index (χ0v) is 28.7. The van der Waals surface area contributed by atoms with Gasteiger partial charge in [-0.15, -0.1) is 21.9 Å². The maximum absolute atomic E-state index is 6.93. The summed E-state index contributed by atoms with van der Waals surface area (Å²) in [5.74, 6) is 0. The van der Waals surface area contributed by atoms with E-state index in [9.17, 15) is 0 Å². The molecule has 1 nitrogen and oxygen atoms in total. The van der Waals surface area contributed by atoms with E-state index in [1.54, 1.807) is 0 Å². The Kier molecular flexibility index (Phi) is 8.89.